The van der Waals surface area contributed by atoms with E-state index in [9.17, 15) is 5.11 Å². The number of rotatable bonds is 4. The number of hydrogen-bond donors (Lipinski definition) is 1. The summed E-state index contributed by atoms with van der Waals surface area (Å²) in [7, 11) is 0. The van der Waals surface area contributed by atoms with Crippen LogP contribution in [0.15, 0.2) is 36.1 Å². The Labute approximate surface area is 110 Å². The van der Waals surface area contributed by atoms with Gasteiger partial charge in [0, 0.05) is 0 Å². The molecular weight excluding hydrogens is 228 g/mol. The normalized spacial score (nSPS) is 23.2. The lowest BCUT2D eigenvalue weighted by atomic mass is 9.96. The molecule has 1 fully saturated rings. The van der Waals surface area contributed by atoms with Gasteiger partial charge in [-0.25, -0.2) is 0 Å². The maximum Gasteiger partial charge on any atom is 0.109 e. The largest absolute Gasteiger partial charge is 0.497 e. The van der Waals surface area contributed by atoms with Gasteiger partial charge in [0.2, 0.25) is 0 Å². The average Bonchev–Trinajstić information content (AvgIpc) is 3.15. The van der Waals surface area contributed by atoms with E-state index in [2.05, 4.69) is 19.9 Å². The molecule has 0 aromatic rings. The Hall–Kier alpha value is -1.06. The van der Waals surface area contributed by atoms with Crippen LogP contribution in [0.2, 0.25) is 0 Å². The highest BCUT2D eigenvalue weighted by Crippen LogP contribution is 2.28. The molecule has 2 aliphatic heterocycles. The third-order valence-corrected chi connectivity index (χ3v) is 2.84. The van der Waals surface area contributed by atoms with Gasteiger partial charge >= 0.3 is 0 Å². The highest BCUT2D eigenvalue weighted by Gasteiger charge is 2.40. The molecule has 0 amide bonds. The van der Waals surface area contributed by atoms with Crippen LogP contribution >= 0.6 is 0 Å². The zero-order valence-electron chi connectivity index (χ0n) is 11.6. The van der Waals surface area contributed by atoms with Crippen molar-refractivity contribution >= 4 is 0 Å². The second kappa shape index (κ2) is 7.39. The Balaban J connectivity index is 0.000000225. The molecule has 1 saturated heterocycles. The van der Waals surface area contributed by atoms with E-state index in [1.807, 2.05) is 25.2 Å². The molecule has 102 valence electrons. The van der Waals surface area contributed by atoms with E-state index in [4.69, 9.17) is 9.47 Å². The second-order valence-corrected chi connectivity index (χ2v) is 5.09. The summed E-state index contributed by atoms with van der Waals surface area (Å²) in [6.45, 7) is 7.45. The topological polar surface area (TPSA) is 42.0 Å². The summed E-state index contributed by atoms with van der Waals surface area (Å²) >= 11 is 0. The SMILES string of the molecule is C1=CCOC=C1.CC(C)=CCCC(C)(O)C1CO1. The van der Waals surface area contributed by atoms with Crippen molar-refractivity contribution in [1.82, 2.24) is 0 Å². The Morgan fingerprint density at radius 1 is 1.44 bits per heavy atom. The Morgan fingerprint density at radius 3 is 2.50 bits per heavy atom. The third kappa shape index (κ3) is 6.62. The van der Waals surface area contributed by atoms with Crippen LogP contribution < -0.4 is 0 Å². The first-order chi connectivity index (χ1) is 8.52. The van der Waals surface area contributed by atoms with Crippen LogP contribution in [-0.4, -0.2) is 30.0 Å². The van der Waals surface area contributed by atoms with Gasteiger partial charge in [0.1, 0.15) is 12.7 Å². The van der Waals surface area contributed by atoms with E-state index in [0.717, 1.165) is 26.1 Å². The molecule has 3 heteroatoms. The molecule has 2 atom stereocenters. The first-order valence-corrected chi connectivity index (χ1v) is 6.43. The molecule has 2 aliphatic rings. The predicted molar refractivity (Wildman–Crippen MR) is 73.3 cm³/mol. The van der Waals surface area contributed by atoms with E-state index in [-0.39, 0.29) is 6.10 Å². The molecule has 0 bridgehead atoms. The molecule has 0 aromatic heterocycles. The number of epoxide rings is 1. The van der Waals surface area contributed by atoms with Crippen LogP contribution in [0.3, 0.4) is 0 Å². The number of ether oxygens (including phenoxy) is 2. The van der Waals surface area contributed by atoms with Gasteiger partial charge in [0.15, 0.2) is 0 Å². The lowest BCUT2D eigenvalue weighted by Crippen LogP contribution is -2.30. The zero-order valence-corrected chi connectivity index (χ0v) is 11.6. The van der Waals surface area contributed by atoms with Gasteiger partial charge < -0.3 is 14.6 Å². The second-order valence-electron chi connectivity index (χ2n) is 5.09. The molecule has 2 rings (SSSR count). The summed E-state index contributed by atoms with van der Waals surface area (Å²) in [4.78, 5) is 0. The highest BCUT2D eigenvalue weighted by atomic mass is 16.6. The van der Waals surface area contributed by atoms with Gasteiger partial charge in [-0.2, -0.15) is 0 Å². The van der Waals surface area contributed by atoms with Crippen LogP contribution in [0.4, 0.5) is 0 Å². The molecule has 0 spiro atoms. The van der Waals surface area contributed by atoms with Crippen molar-refractivity contribution in [3.8, 4) is 0 Å². The van der Waals surface area contributed by atoms with Crippen molar-refractivity contribution in [1.29, 1.82) is 0 Å². The summed E-state index contributed by atoms with van der Waals surface area (Å²) in [5.41, 5.74) is 0.689. The van der Waals surface area contributed by atoms with Crippen LogP contribution in [0, 0.1) is 0 Å². The number of hydrogen-bond acceptors (Lipinski definition) is 3. The summed E-state index contributed by atoms with van der Waals surface area (Å²) in [5.74, 6) is 0. The van der Waals surface area contributed by atoms with Crippen LogP contribution in [0.1, 0.15) is 33.6 Å². The lowest BCUT2D eigenvalue weighted by molar-refractivity contribution is 0.0225. The molecule has 0 radical (unpaired) electrons. The quantitative estimate of drug-likeness (QED) is 0.618. The number of allylic oxidation sites excluding steroid dienone is 4. The summed E-state index contributed by atoms with van der Waals surface area (Å²) in [5, 5.41) is 9.81. The molecule has 0 saturated carbocycles. The molecule has 2 heterocycles. The minimum Gasteiger partial charge on any atom is -0.497 e. The maximum atomic E-state index is 9.81. The summed E-state index contributed by atoms with van der Waals surface area (Å²) in [6, 6.07) is 0. The van der Waals surface area contributed by atoms with Gasteiger partial charge in [-0.15, -0.1) is 0 Å². The van der Waals surface area contributed by atoms with Gasteiger partial charge in [-0.05, 0) is 45.8 Å². The summed E-state index contributed by atoms with van der Waals surface area (Å²) in [6.07, 6.45) is 11.4. The Bertz CT molecular complexity index is 307. The van der Waals surface area contributed by atoms with Gasteiger partial charge in [0.05, 0.1) is 18.5 Å². The minimum absolute atomic E-state index is 0.0862. The van der Waals surface area contributed by atoms with Crippen LogP contribution in [-0.2, 0) is 9.47 Å². The van der Waals surface area contributed by atoms with Crippen molar-refractivity contribution in [2.75, 3.05) is 13.2 Å². The van der Waals surface area contributed by atoms with Gasteiger partial charge in [-0.1, -0.05) is 17.7 Å². The monoisotopic (exact) mass is 252 g/mol. The molecular formula is C15H24O3. The fourth-order valence-corrected chi connectivity index (χ4v) is 1.57. The molecule has 0 aromatic carbocycles. The van der Waals surface area contributed by atoms with Gasteiger partial charge in [-0.3, -0.25) is 0 Å². The first kappa shape index (κ1) is 15.0. The van der Waals surface area contributed by atoms with Crippen molar-refractivity contribution in [2.45, 2.75) is 45.3 Å². The number of aliphatic hydroxyl groups is 1. The maximum absolute atomic E-state index is 9.81. The smallest absolute Gasteiger partial charge is 0.109 e. The van der Waals surface area contributed by atoms with Crippen molar-refractivity contribution in [3.63, 3.8) is 0 Å². The molecule has 18 heavy (non-hydrogen) atoms. The third-order valence-electron chi connectivity index (χ3n) is 2.84. The van der Waals surface area contributed by atoms with E-state index in [1.54, 1.807) is 6.26 Å². The average molecular weight is 252 g/mol. The molecule has 1 N–H and O–H groups in total. The minimum atomic E-state index is -0.619. The molecule has 3 nitrogen and oxygen atoms in total. The first-order valence-electron chi connectivity index (χ1n) is 6.43. The Kier molecular flexibility index (Phi) is 6.16. The van der Waals surface area contributed by atoms with Gasteiger partial charge in [0.25, 0.3) is 0 Å². The fourth-order valence-electron chi connectivity index (χ4n) is 1.57. The van der Waals surface area contributed by atoms with E-state index in [1.165, 1.54) is 5.57 Å². The fraction of sp³-hybridized carbons (Fsp3) is 0.600. The van der Waals surface area contributed by atoms with Crippen molar-refractivity contribution in [2.24, 2.45) is 0 Å². The van der Waals surface area contributed by atoms with E-state index in [0.29, 0.717) is 0 Å². The predicted octanol–water partition coefficient (Wildman–Crippen LogP) is 2.97. The molecule has 2 unspecified atom stereocenters. The highest BCUT2D eigenvalue weighted by molar-refractivity contribution is 5.03. The Morgan fingerprint density at radius 2 is 2.17 bits per heavy atom. The van der Waals surface area contributed by atoms with E-state index < -0.39 is 5.60 Å². The van der Waals surface area contributed by atoms with Crippen molar-refractivity contribution in [3.05, 3.63) is 36.1 Å². The van der Waals surface area contributed by atoms with Crippen LogP contribution in [0.25, 0.3) is 0 Å². The summed E-state index contributed by atoms with van der Waals surface area (Å²) < 4.78 is 9.86. The van der Waals surface area contributed by atoms with Crippen LogP contribution in [0.5, 0.6) is 0 Å². The van der Waals surface area contributed by atoms with Crippen molar-refractivity contribution < 1.29 is 14.6 Å². The zero-order chi connectivity index (χ0) is 13.4. The standard InChI is InChI=1S/C10H18O2.C5H6O/c1-8(2)5-4-6-10(3,11)9-7-12-9;1-2-4-6-5-3-1/h5,9,11H,4,6-7H2,1-3H3;1-4H,5H2. The van der Waals surface area contributed by atoms with E-state index >= 15 is 0 Å². The molecule has 0 aliphatic carbocycles. The lowest BCUT2D eigenvalue weighted by Gasteiger charge is -2.19.